The van der Waals surface area contributed by atoms with E-state index in [1.807, 2.05) is 18.2 Å². The van der Waals surface area contributed by atoms with E-state index in [2.05, 4.69) is 11.1 Å². The molecule has 2 aromatic carbocycles. The van der Waals surface area contributed by atoms with Crippen LogP contribution in [0.4, 0.5) is 10.7 Å². The largest absolute Gasteiger partial charge is 0.507 e. The van der Waals surface area contributed by atoms with Gasteiger partial charge in [0.05, 0.1) is 20.7 Å². The topological polar surface area (TPSA) is 88.6 Å². The molecular weight excluding hydrogens is 418 g/mol. The number of non-ortho nitro benzene ring substituents is 1. The Bertz CT molecular complexity index is 1270. The van der Waals surface area contributed by atoms with Crippen molar-refractivity contribution in [1.82, 2.24) is 4.98 Å². The number of aromatic nitrogens is 1. The molecule has 6 nitrogen and oxygen atoms in total. The van der Waals surface area contributed by atoms with Crippen LogP contribution in [-0.2, 0) is 12.8 Å². The molecule has 0 fully saturated rings. The zero-order valence-corrected chi connectivity index (χ0v) is 17.5. The Labute approximate surface area is 180 Å². The number of rotatable bonds is 4. The summed E-state index contributed by atoms with van der Waals surface area (Å²) in [6.45, 7) is 0. The third-order valence-corrected chi connectivity index (χ3v) is 7.46. The second-order valence-electron chi connectivity index (χ2n) is 7.14. The fraction of sp³-hybridized carbons (Fsp3) is 0.182. The number of nitrogens with zero attached hydrogens (tertiary/aromatic N) is 3. The summed E-state index contributed by atoms with van der Waals surface area (Å²) in [6.07, 6.45) is 5.87. The van der Waals surface area contributed by atoms with E-state index >= 15 is 0 Å². The lowest BCUT2D eigenvalue weighted by molar-refractivity contribution is -0.384. The molecule has 150 valence electrons. The van der Waals surface area contributed by atoms with Crippen LogP contribution in [0.5, 0.6) is 5.75 Å². The van der Waals surface area contributed by atoms with E-state index in [1.165, 1.54) is 41.3 Å². The summed E-state index contributed by atoms with van der Waals surface area (Å²) in [6, 6.07) is 12.0. The van der Waals surface area contributed by atoms with Crippen molar-refractivity contribution >= 4 is 49.8 Å². The lowest BCUT2D eigenvalue weighted by atomic mass is 9.96. The minimum Gasteiger partial charge on any atom is -0.507 e. The van der Waals surface area contributed by atoms with E-state index in [0.717, 1.165) is 45.1 Å². The molecule has 4 aromatic rings. The molecule has 1 aliphatic carbocycles. The summed E-state index contributed by atoms with van der Waals surface area (Å²) in [5.41, 5.74) is 3.61. The first kappa shape index (κ1) is 18.9. The van der Waals surface area contributed by atoms with Gasteiger partial charge in [-0.05, 0) is 49.4 Å². The molecule has 0 saturated carbocycles. The molecule has 2 heterocycles. The SMILES string of the molecule is O=[N+]([O-])c1ccc(O)c(/C=N/c2sc3c(c2-c2nc4ccccc4s2)CCCC3)c1. The maximum Gasteiger partial charge on any atom is 0.270 e. The summed E-state index contributed by atoms with van der Waals surface area (Å²) < 4.78 is 1.13. The highest BCUT2D eigenvalue weighted by Crippen LogP contribution is 2.47. The van der Waals surface area contributed by atoms with Gasteiger partial charge in [0.1, 0.15) is 15.8 Å². The fourth-order valence-corrected chi connectivity index (χ4v) is 6.07. The predicted molar refractivity (Wildman–Crippen MR) is 122 cm³/mol. The quantitative estimate of drug-likeness (QED) is 0.232. The lowest BCUT2D eigenvalue weighted by Crippen LogP contribution is -1.99. The van der Waals surface area contributed by atoms with Crippen LogP contribution in [0.2, 0.25) is 0 Å². The van der Waals surface area contributed by atoms with E-state index < -0.39 is 4.92 Å². The van der Waals surface area contributed by atoms with Crippen LogP contribution >= 0.6 is 22.7 Å². The normalized spacial score (nSPS) is 13.7. The van der Waals surface area contributed by atoms with Gasteiger partial charge >= 0.3 is 0 Å². The van der Waals surface area contributed by atoms with Crippen molar-refractivity contribution < 1.29 is 10.0 Å². The van der Waals surface area contributed by atoms with Crippen molar-refractivity contribution in [1.29, 1.82) is 0 Å². The maximum absolute atomic E-state index is 11.1. The minimum atomic E-state index is -0.479. The number of thiophene rings is 1. The number of nitro groups is 1. The Kier molecular flexibility index (Phi) is 4.80. The number of phenolic OH excluding ortho intramolecular Hbond substituents is 1. The molecule has 0 aliphatic heterocycles. The van der Waals surface area contributed by atoms with Gasteiger partial charge in [0, 0.05) is 28.8 Å². The highest BCUT2D eigenvalue weighted by molar-refractivity contribution is 7.22. The fourth-order valence-electron chi connectivity index (χ4n) is 3.73. The first-order valence-corrected chi connectivity index (χ1v) is 11.3. The first-order chi connectivity index (χ1) is 14.6. The van der Waals surface area contributed by atoms with Crippen LogP contribution in [0.1, 0.15) is 28.8 Å². The van der Waals surface area contributed by atoms with Gasteiger partial charge in [0.2, 0.25) is 0 Å². The average molecular weight is 436 g/mol. The third-order valence-electron chi connectivity index (χ3n) is 5.20. The monoisotopic (exact) mass is 435 g/mol. The maximum atomic E-state index is 11.1. The molecule has 0 atom stereocenters. The number of hydrogen-bond donors (Lipinski definition) is 1. The van der Waals surface area contributed by atoms with Crippen LogP contribution in [0.3, 0.4) is 0 Å². The number of aromatic hydroxyl groups is 1. The summed E-state index contributed by atoms with van der Waals surface area (Å²) in [5.74, 6) is -0.0350. The van der Waals surface area contributed by atoms with Crippen molar-refractivity contribution in [2.75, 3.05) is 0 Å². The number of benzene rings is 2. The van der Waals surface area contributed by atoms with Gasteiger partial charge in [-0.1, -0.05) is 12.1 Å². The van der Waals surface area contributed by atoms with Crippen LogP contribution in [0.25, 0.3) is 20.8 Å². The van der Waals surface area contributed by atoms with Crippen molar-refractivity contribution in [3.05, 3.63) is 68.6 Å². The third kappa shape index (κ3) is 3.38. The van der Waals surface area contributed by atoms with Crippen LogP contribution < -0.4 is 0 Å². The number of aryl methyl sites for hydroxylation is 1. The van der Waals surface area contributed by atoms with Gasteiger partial charge in [-0.15, -0.1) is 22.7 Å². The average Bonchev–Trinajstić information content (AvgIpc) is 3.33. The minimum absolute atomic E-state index is 0.0350. The molecule has 0 unspecified atom stereocenters. The Hall–Kier alpha value is -3.10. The second-order valence-corrected chi connectivity index (χ2v) is 9.25. The Morgan fingerprint density at radius 2 is 1.97 bits per heavy atom. The standard InChI is InChI=1S/C22H17N3O3S2/c26-17-10-9-14(25(27)28)11-13(17)12-23-21-20(15-5-1-3-7-18(15)29-21)22-24-16-6-2-4-8-19(16)30-22/h2,4,6,8-12,26H,1,3,5,7H2/b23-12+. The van der Waals surface area contributed by atoms with Crippen molar-refractivity contribution in [2.24, 2.45) is 4.99 Å². The molecule has 8 heteroatoms. The molecule has 0 saturated heterocycles. The van der Waals surface area contributed by atoms with E-state index in [9.17, 15) is 15.2 Å². The molecule has 0 spiro atoms. The molecule has 30 heavy (non-hydrogen) atoms. The number of fused-ring (bicyclic) bond motifs is 2. The molecule has 1 N–H and O–H groups in total. The van der Waals surface area contributed by atoms with Crippen molar-refractivity contribution in [3.63, 3.8) is 0 Å². The number of phenols is 1. The summed E-state index contributed by atoms with van der Waals surface area (Å²) in [5, 5.41) is 23.0. The van der Waals surface area contributed by atoms with Gasteiger partial charge in [0.15, 0.2) is 0 Å². The van der Waals surface area contributed by atoms with Crippen LogP contribution in [0.15, 0.2) is 47.5 Å². The van der Waals surface area contributed by atoms with Crippen LogP contribution in [-0.4, -0.2) is 21.2 Å². The summed E-state index contributed by atoms with van der Waals surface area (Å²) in [7, 11) is 0. The van der Waals surface area contributed by atoms with Crippen molar-refractivity contribution in [3.8, 4) is 16.3 Å². The number of para-hydroxylation sites is 1. The first-order valence-electron chi connectivity index (χ1n) is 9.62. The van der Waals surface area contributed by atoms with Crippen LogP contribution in [0, 0.1) is 10.1 Å². The van der Waals surface area contributed by atoms with E-state index in [4.69, 9.17) is 4.98 Å². The van der Waals surface area contributed by atoms with Crippen molar-refractivity contribution in [2.45, 2.75) is 25.7 Å². The Morgan fingerprint density at radius 3 is 2.80 bits per heavy atom. The number of hydrogen-bond acceptors (Lipinski definition) is 7. The van der Waals surface area contributed by atoms with Gasteiger partial charge in [0.25, 0.3) is 5.69 Å². The second kappa shape index (κ2) is 7.62. The van der Waals surface area contributed by atoms with E-state index in [0.29, 0.717) is 5.56 Å². The van der Waals surface area contributed by atoms with E-state index in [-0.39, 0.29) is 11.4 Å². The lowest BCUT2D eigenvalue weighted by Gasteiger charge is -2.11. The van der Waals surface area contributed by atoms with E-state index in [1.54, 1.807) is 22.7 Å². The highest BCUT2D eigenvalue weighted by atomic mass is 32.1. The van der Waals surface area contributed by atoms with Gasteiger partial charge in [-0.25, -0.2) is 9.98 Å². The number of nitro benzene ring substituents is 1. The summed E-state index contributed by atoms with van der Waals surface area (Å²) in [4.78, 5) is 21.4. The zero-order chi connectivity index (χ0) is 20.7. The predicted octanol–water partition coefficient (Wildman–Crippen LogP) is 6.27. The molecule has 1 aliphatic rings. The van der Waals surface area contributed by atoms with Gasteiger partial charge in [-0.2, -0.15) is 0 Å². The molecule has 0 bridgehead atoms. The summed E-state index contributed by atoms with van der Waals surface area (Å²) >= 11 is 3.31. The smallest absolute Gasteiger partial charge is 0.270 e. The Balaban J connectivity index is 1.62. The molecule has 2 aromatic heterocycles. The zero-order valence-electron chi connectivity index (χ0n) is 15.9. The number of thiazole rings is 1. The molecule has 0 radical (unpaired) electrons. The number of aliphatic imine (C=N–C) groups is 1. The molecular formula is C22H17N3O3S2. The molecule has 0 amide bonds. The van der Waals surface area contributed by atoms with Gasteiger partial charge < -0.3 is 5.11 Å². The van der Waals surface area contributed by atoms with Gasteiger partial charge in [-0.3, -0.25) is 10.1 Å². The molecule has 5 rings (SSSR count). The Morgan fingerprint density at radius 1 is 1.13 bits per heavy atom. The highest BCUT2D eigenvalue weighted by Gasteiger charge is 2.24.